The van der Waals surface area contributed by atoms with Crippen LogP contribution >= 0.6 is 0 Å². The predicted molar refractivity (Wildman–Crippen MR) is 75.6 cm³/mol. The van der Waals surface area contributed by atoms with Crippen molar-refractivity contribution in [3.05, 3.63) is 0 Å². The van der Waals surface area contributed by atoms with Gasteiger partial charge in [0, 0.05) is 19.3 Å². The molecular weight excluding hydrogens is 226 g/mol. The van der Waals surface area contributed by atoms with Gasteiger partial charge in [0.15, 0.2) is 0 Å². The van der Waals surface area contributed by atoms with Gasteiger partial charge in [0.2, 0.25) is 0 Å². The average molecular weight is 255 g/mol. The van der Waals surface area contributed by atoms with Gasteiger partial charge in [0.05, 0.1) is 6.17 Å². The molecule has 5 heteroatoms. The molecule has 0 aliphatic carbocycles. The number of nitrogens with zero attached hydrogens (tertiary/aromatic N) is 2. The van der Waals surface area contributed by atoms with Crippen molar-refractivity contribution in [2.75, 3.05) is 53.5 Å². The summed E-state index contributed by atoms with van der Waals surface area (Å²) in [5.74, 6) is 0. The lowest BCUT2D eigenvalue weighted by Gasteiger charge is -2.41. The first-order chi connectivity index (χ1) is 8.77. The minimum atomic E-state index is 0.493. The smallest absolute Gasteiger partial charge is 0.0738 e. The van der Waals surface area contributed by atoms with Gasteiger partial charge in [-0.3, -0.25) is 4.90 Å². The lowest BCUT2D eigenvalue weighted by Crippen LogP contribution is -2.60. The molecule has 0 saturated carbocycles. The summed E-state index contributed by atoms with van der Waals surface area (Å²) in [5, 5.41) is 10.7. The Labute approximate surface area is 111 Å². The fourth-order valence-electron chi connectivity index (χ4n) is 2.88. The van der Waals surface area contributed by atoms with Crippen molar-refractivity contribution in [2.24, 2.45) is 0 Å². The van der Waals surface area contributed by atoms with Crippen LogP contribution in [-0.2, 0) is 0 Å². The van der Waals surface area contributed by atoms with Crippen LogP contribution in [0.1, 0.15) is 19.3 Å². The van der Waals surface area contributed by atoms with Crippen molar-refractivity contribution >= 4 is 0 Å². The first-order valence-electron chi connectivity index (χ1n) is 7.32. The van der Waals surface area contributed by atoms with Gasteiger partial charge < -0.3 is 20.9 Å². The normalized spacial score (nSPS) is 31.5. The Morgan fingerprint density at radius 3 is 2.89 bits per heavy atom. The minimum absolute atomic E-state index is 0.493. The maximum absolute atomic E-state index is 3.68. The SMILES string of the molecule is CN(C)CCC1CCNCN1C1CNCCCN1. The molecule has 2 heterocycles. The monoisotopic (exact) mass is 255 g/mol. The van der Waals surface area contributed by atoms with Crippen molar-refractivity contribution in [2.45, 2.75) is 31.5 Å². The van der Waals surface area contributed by atoms with E-state index in [0.717, 1.165) is 32.8 Å². The number of hydrogen-bond acceptors (Lipinski definition) is 5. The summed E-state index contributed by atoms with van der Waals surface area (Å²) < 4.78 is 0. The Kier molecular flexibility index (Phi) is 5.85. The molecule has 2 rings (SSSR count). The highest BCUT2D eigenvalue weighted by molar-refractivity contribution is 4.84. The Balaban J connectivity index is 1.88. The van der Waals surface area contributed by atoms with Crippen LogP contribution in [0.5, 0.6) is 0 Å². The third kappa shape index (κ3) is 4.17. The molecule has 0 aromatic heterocycles. The number of hydrogen-bond donors (Lipinski definition) is 3. The lowest BCUT2D eigenvalue weighted by molar-refractivity contribution is 0.0628. The van der Waals surface area contributed by atoms with E-state index in [1.165, 1.54) is 25.8 Å². The zero-order valence-corrected chi connectivity index (χ0v) is 11.9. The summed E-state index contributed by atoms with van der Waals surface area (Å²) >= 11 is 0. The zero-order valence-electron chi connectivity index (χ0n) is 11.9. The number of nitrogens with one attached hydrogen (secondary N) is 3. The average Bonchev–Trinajstić information content (AvgIpc) is 2.65. The highest BCUT2D eigenvalue weighted by atomic mass is 15.4. The molecule has 0 bridgehead atoms. The van der Waals surface area contributed by atoms with Gasteiger partial charge in [-0.05, 0) is 59.5 Å². The second kappa shape index (κ2) is 7.40. The molecular formula is C13H29N5. The molecule has 2 saturated heterocycles. The maximum Gasteiger partial charge on any atom is 0.0738 e. The van der Waals surface area contributed by atoms with Crippen molar-refractivity contribution in [3.63, 3.8) is 0 Å². The van der Waals surface area contributed by atoms with E-state index in [1.807, 2.05) is 0 Å². The molecule has 0 spiro atoms. The van der Waals surface area contributed by atoms with Crippen molar-refractivity contribution in [1.82, 2.24) is 25.8 Å². The fourth-order valence-corrected chi connectivity index (χ4v) is 2.88. The van der Waals surface area contributed by atoms with Gasteiger partial charge in [0.1, 0.15) is 0 Å². The van der Waals surface area contributed by atoms with Crippen molar-refractivity contribution in [3.8, 4) is 0 Å². The lowest BCUT2D eigenvalue weighted by atomic mass is 10.1. The molecule has 18 heavy (non-hydrogen) atoms. The third-order valence-corrected chi connectivity index (χ3v) is 3.98. The summed E-state index contributed by atoms with van der Waals surface area (Å²) in [5.41, 5.74) is 0. The van der Waals surface area contributed by atoms with Crippen LogP contribution in [0, 0.1) is 0 Å². The molecule has 2 unspecified atom stereocenters. The minimum Gasteiger partial charge on any atom is -0.314 e. The molecule has 2 fully saturated rings. The van der Waals surface area contributed by atoms with Gasteiger partial charge in [-0.25, -0.2) is 0 Å². The summed E-state index contributed by atoms with van der Waals surface area (Å²) in [7, 11) is 4.33. The largest absolute Gasteiger partial charge is 0.314 e. The topological polar surface area (TPSA) is 42.6 Å². The van der Waals surface area contributed by atoms with E-state index < -0.39 is 0 Å². The molecule has 3 N–H and O–H groups in total. The van der Waals surface area contributed by atoms with Crippen LogP contribution in [0.3, 0.4) is 0 Å². The van der Waals surface area contributed by atoms with Crippen LogP contribution in [-0.4, -0.2) is 75.5 Å². The van der Waals surface area contributed by atoms with E-state index in [1.54, 1.807) is 0 Å². The van der Waals surface area contributed by atoms with E-state index >= 15 is 0 Å². The number of rotatable bonds is 4. The first-order valence-corrected chi connectivity index (χ1v) is 7.32. The van der Waals surface area contributed by atoms with Gasteiger partial charge >= 0.3 is 0 Å². The van der Waals surface area contributed by atoms with Crippen LogP contribution < -0.4 is 16.0 Å². The van der Waals surface area contributed by atoms with Crippen LogP contribution in [0.4, 0.5) is 0 Å². The Morgan fingerprint density at radius 1 is 1.17 bits per heavy atom. The summed E-state index contributed by atoms with van der Waals surface area (Å²) in [4.78, 5) is 4.91. The maximum atomic E-state index is 3.68. The second-order valence-corrected chi connectivity index (χ2v) is 5.73. The van der Waals surface area contributed by atoms with Gasteiger partial charge in [0.25, 0.3) is 0 Å². The van der Waals surface area contributed by atoms with Gasteiger partial charge in [-0.2, -0.15) is 0 Å². The highest BCUT2D eigenvalue weighted by Gasteiger charge is 2.28. The van der Waals surface area contributed by atoms with Crippen molar-refractivity contribution in [1.29, 1.82) is 0 Å². The van der Waals surface area contributed by atoms with E-state index in [9.17, 15) is 0 Å². The first kappa shape index (κ1) is 14.2. The third-order valence-electron chi connectivity index (χ3n) is 3.98. The van der Waals surface area contributed by atoms with Gasteiger partial charge in [-0.15, -0.1) is 0 Å². The summed E-state index contributed by atoms with van der Waals surface area (Å²) in [6, 6.07) is 0.714. The zero-order chi connectivity index (χ0) is 12.8. The van der Waals surface area contributed by atoms with Crippen LogP contribution in [0.15, 0.2) is 0 Å². The molecule has 0 aromatic carbocycles. The molecule has 0 amide bonds. The molecule has 2 aliphatic rings. The fraction of sp³-hybridized carbons (Fsp3) is 1.00. The van der Waals surface area contributed by atoms with E-state index in [0.29, 0.717) is 12.2 Å². The second-order valence-electron chi connectivity index (χ2n) is 5.73. The Bertz CT molecular complexity index is 225. The molecule has 2 atom stereocenters. The van der Waals surface area contributed by atoms with Crippen LogP contribution in [0.2, 0.25) is 0 Å². The summed E-state index contributed by atoms with van der Waals surface area (Å²) in [6.07, 6.45) is 4.27. The standard InChI is InChI=1S/C13H29N5/c1-17(2)9-5-12-4-8-15-11-18(12)13-10-14-6-3-7-16-13/h12-16H,3-11H2,1-2H3. The Hall–Kier alpha value is -0.200. The predicted octanol–water partition coefficient (Wildman–Crippen LogP) is -0.531. The molecule has 2 aliphatic heterocycles. The summed E-state index contributed by atoms with van der Waals surface area (Å²) in [6.45, 7) is 6.72. The molecule has 106 valence electrons. The van der Waals surface area contributed by atoms with E-state index in [2.05, 4.69) is 39.8 Å². The quantitative estimate of drug-likeness (QED) is 0.630. The molecule has 0 radical (unpaired) electrons. The molecule has 5 nitrogen and oxygen atoms in total. The van der Waals surface area contributed by atoms with Gasteiger partial charge in [-0.1, -0.05) is 0 Å². The Morgan fingerprint density at radius 2 is 2.06 bits per heavy atom. The van der Waals surface area contributed by atoms with Crippen LogP contribution in [0.25, 0.3) is 0 Å². The van der Waals surface area contributed by atoms with E-state index in [4.69, 9.17) is 0 Å². The van der Waals surface area contributed by atoms with E-state index in [-0.39, 0.29) is 0 Å². The highest BCUT2D eigenvalue weighted by Crippen LogP contribution is 2.15. The van der Waals surface area contributed by atoms with Crippen molar-refractivity contribution < 1.29 is 0 Å². The molecule has 0 aromatic rings.